The molecule has 0 aliphatic carbocycles. The van der Waals surface area contributed by atoms with Crippen LogP contribution in [0.25, 0.3) is 0 Å². The first-order valence-corrected chi connectivity index (χ1v) is 6.25. The minimum absolute atomic E-state index is 0.409. The molecule has 1 aromatic heterocycles. The Morgan fingerprint density at radius 1 is 1.26 bits per heavy atom. The van der Waals surface area contributed by atoms with E-state index in [0.29, 0.717) is 18.0 Å². The highest BCUT2D eigenvalue weighted by Crippen LogP contribution is 2.12. The lowest BCUT2D eigenvalue weighted by atomic mass is 10.2. The van der Waals surface area contributed by atoms with Crippen LogP contribution in [0.3, 0.4) is 0 Å². The summed E-state index contributed by atoms with van der Waals surface area (Å²) in [5.74, 6) is -0.411. The van der Waals surface area contributed by atoms with Crippen LogP contribution in [-0.2, 0) is 13.1 Å². The van der Waals surface area contributed by atoms with Gasteiger partial charge in [0.1, 0.15) is 0 Å². The summed E-state index contributed by atoms with van der Waals surface area (Å²) in [6.07, 6.45) is 3.61. The molecule has 0 saturated carbocycles. The van der Waals surface area contributed by atoms with Crippen LogP contribution in [0.4, 0.5) is 14.7 Å². The van der Waals surface area contributed by atoms with E-state index in [1.807, 2.05) is 10.8 Å². The van der Waals surface area contributed by atoms with Crippen LogP contribution in [0, 0.1) is 17.6 Å². The maximum Gasteiger partial charge on any atom is 0.203 e. The van der Waals surface area contributed by atoms with Crippen molar-refractivity contribution in [2.75, 3.05) is 5.32 Å². The number of hydrogen-bond donors (Lipinski definition) is 1. The SMILES string of the molecule is CC(C)Cn1ccnc1NCc1ccc(F)c(F)c1. The lowest BCUT2D eigenvalue weighted by Crippen LogP contribution is -2.10. The van der Waals surface area contributed by atoms with E-state index in [1.54, 1.807) is 12.3 Å². The molecule has 0 unspecified atom stereocenters. The Kier molecular flexibility index (Phi) is 4.14. The Bertz CT molecular complexity index is 549. The molecule has 2 aromatic rings. The van der Waals surface area contributed by atoms with Gasteiger partial charge in [0, 0.05) is 25.5 Å². The van der Waals surface area contributed by atoms with Gasteiger partial charge in [0.25, 0.3) is 0 Å². The number of aromatic nitrogens is 2. The van der Waals surface area contributed by atoms with Crippen molar-refractivity contribution >= 4 is 5.95 Å². The van der Waals surface area contributed by atoms with E-state index in [0.717, 1.165) is 18.6 Å². The first kappa shape index (κ1) is 13.5. The fourth-order valence-corrected chi connectivity index (χ4v) is 1.85. The van der Waals surface area contributed by atoms with Crippen LogP contribution in [0.2, 0.25) is 0 Å². The molecule has 0 bridgehead atoms. The van der Waals surface area contributed by atoms with Crippen LogP contribution < -0.4 is 5.32 Å². The number of nitrogens with zero attached hydrogens (tertiary/aromatic N) is 2. The average molecular weight is 265 g/mol. The number of rotatable bonds is 5. The Labute approximate surface area is 111 Å². The highest BCUT2D eigenvalue weighted by atomic mass is 19.2. The molecule has 0 aliphatic rings. The molecule has 102 valence electrons. The van der Waals surface area contributed by atoms with E-state index >= 15 is 0 Å². The van der Waals surface area contributed by atoms with Gasteiger partial charge in [0.05, 0.1) is 0 Å². The topological polar surface area (TPSA) is 29.9 Å². The van der Waals surface area contributed by atoms with Crippen molar-refractivity contribution in [1.29, 1.82) is 0 Å². The van der Waals surface area contributed by atoms with E-state index in [1.165, 1.54) is 6.07 Å². The van der Waals surface area contributed by atoms with E-state index in [4.69, 9.17) is 0 Å². The van der Waals surface area contributed by atoms with Gasteiger partial charge in [-0.25, -0.2) is 13.8 Å². The largest absolute Gasteiger partial charge is 0.352 e. The van der Waals surface area contributed by atoms with Gasteiger partial charge >= 0.3 is 0 Å². The first-order valence-electron chi connectivity index (χ1n) is 6.25. The van der Waals surface area contributed by atoms with Crippen molar-refractivity contribution < 1.29 is 8.78 Å². The standard InChI is InChI=1S/C14H17F2N3/c1-10(2)9-19-6-5-17-14(19)18-8-11-3-4-12(15)13(16)7-11/h3-7,10H,8-9H2,1-2H3,(H,17,18). The second-order valence-electron chi connectivity index (χ2n) is 4.90. The molecule has 3 nitrogen and oxygen atoms in total. The van der Waals surface area contributed by atoms with E-state index in [-0.39, 0.29) is 0 Å². The molecule has 1 N–H and O–H groups in total. The molecular weight excluding hydrogens is 248 g/mol. The Morgan fingerprint density at radius 2 is 2.05 bits per heavy atom. The van der Waals surface area contributed by atoms with Gasteiger partial charge in [-0.2, -0.15) is 0 Å². The summed E-state index contributed by atoms with van der Waals surface area (Å²) < 4.78 is 27.9. The molecule has 0 amide bonds. The number of nitrogens with one attached hydrogen (secondary N) is 1. The van der Waals surface area contributed by atoms with Crippen LogP contribution in [0.1, 0.15) is 19.4 Å². The van der Waals surface area contributed by atoms with Gasteiger partial charge in [-0.05, 0) is 23.6 Å². The molecule has 19 heavy (non-hydrogen) atoms. The second-order valence-corrected chi connectivity index (χ2v) is 4.90. The molecule has 0 aliphatic heterocycles. The highest BCUT2D eigenvalue weighted by molar-refractivity contribution is 5.29. The summed E-state index contributed by atoms with van der Waals surface area (Å²) in [4.78, 5) is 4.21. The summed E-state index contributed by atoms with van der Waals surface area (Å²) in [5, 5.41) is 3.12. The van der Waals surface area contributed by atoms with Gasteiger partial charge in [0.15, 0.2) is 11.6 Å². The fraction of sp³-hybridized carbons (Fsp3) is 0.357. The van der Waals surface area contributed by atoms with E-state index < -0.39 is 11.6 Å². The van der Waals surface area contributed by atoms with Gasteiger partial charge in [0.2, 0.25) is 5.95 Å². The molecule has 0 fully saturated rings. The molecular formula is C14H17F2N3. The smallest absolute Gasteiger partial charge is 0.203 e. The predicted molar refractivity (Wildman–Crippen MR) is 70.7 cm³/mol. The molecule has 2 rings (SSSR count). The summed E-state index contributed by atoms with van der Waals surface area (Å²) >= 11 is 0. The van der Waals surface area contributed by atoms with Crippen molar-refractivity contribution in [3.63, 3.8) is 0 Å². The lowest BCUT2D eigenvalue weighted by molar-refractivity contribution is 0.507. The molecule has 5 heteroatoms. The number of anilines is 1. The zero-order chi connectivity index (χ0) is 13.8. The maximum atomic E-state index is 13.1. The average Bonchev–Trinajstić information content (AvgIpc) is 2.77. The zero-order valence-corrected chi connectivity index (χ0v) is 11.0. The minimum atomic E-state index is -0.829. The van der Waals surface area contributed by atoms with Crippen molar-refractivity contribution in [2.24, 2.45) is 5.92 Å². The first-order chi connectivity index (χ1) is 9.06. The fourth-order valence-electron chi connectivity index (χ4n) is 1.85. The second kappa shape index (κ2) is 5.82. The van der Waals surface area contributed by atoms with Crippen LogP contribution >= 0.6 is 0 Å². The number of hydrogen-bond acceptors (Lipinski definition) is 2. The van der Waals surface area contributed by atoms with Gasteiger partial charge in [-0.1, -0.05) is 19.9 Å². The van der Waals surface area contributed by atoms with Crippen molar-refractivity contribution in [2.45, 2.75) is 26.9 Å². The molecule has 1 heterocycles. The number of imidazole rings is 1. The Hall–Kier alpha value is -1.91. The quantitative estimate of drug-likeness (QED) is 0.897. The Morgan fingerprint density at radius 3 is 2.74 bits per heavy atom. The summed E-state index contributed by atoms with van der Waals surface area (Å²) in [6, 6.07) is 3.88. The zero-order valence-electron chi connectivity index (χ0n) is 11.0. The molecule has 1 aromatic carbocycles. The predicted octanol–water partition coefficient (Wildman–Crippen LogP) is 3.43. The summed E-state index contributed by atoms with van der Waals surface area (Å²) in [7, 11) is 0. The van der Waals surface area contributed by atoms with Crippen molar-refractivity contribution in [3.8, 4) is 0 Å². The minimum Gasteiger partial charge on any atom is -0.352 e. The van der Waals surface area contributed by atoms with Crippen molar-refractivity contribution in [1.82, 2.24) is 9.55 Å². The Balaban J connectivity index is 2.02. The molecule has 0 spiro atoms. The third-order valence-corrected chi connectivity index (χ3v) is 2.71. The lowest BCUT2D eigenvalue weighted by Gasteiger charge is -2.11. The summed E-state index contributed by atoms with van der Waals surface area (Å²) in [5.41, 5.74) is 0.679. The van der Waals surface area contributed by atoms with Crippen LogP contribution in [0.15, 0.2) is 30.6 Å². The third kappa shape index (κ3) is 3.53. The van der Waals surface area contributed by atoms with Crippen molar-refractivity contribution in [3.05, 3.63) is 47.8 Å². The van der Waals surface area contributed by atoms with Gasteiger partial charge < -0.3 is 9.88 Å². The summed E-state index contributed by atoms with van der Waals surface area (Å²) in [6.45, 7) is 5.52. The number of halogens is 2. The molecule has 0 atom stereocenters. The normalized spacial score (nSPS) is 11.0. The van der Waals surface area contributed by atoms with Crippen LogP contribution in [-0.4, -0.2) is 9.55 Å². The third-order valence-electron chi connectivity index (χ3n) is 2.71. The van der Waals surface area contributed by atoms with Crippen LogP contribution in [0.5, 0.6) is 0 Å². The molecule has 0 saturated heterocycles. The molecule has 0 radical (unpaired) electrons. The van der Waals surface area contributed by atoms with E-state index in [9.17, 15) is 8.78 Å². The van der Waals surface area contributed by atoms with Gasteiger partial charge in [-0.3, -0.25) is 0 Å². The highest BCUT2D eigenvalue weighted by Gasteiger charge is 2.06. The van der Waals surface area contributed by atoms with Gasteiger partial charge in [-0.15, -0.1) is 0 Å². The van der Waals surface area contributed by atoms with E-state index in [2.05, 4.69) is 24.1 Å². The monoisotopic (exact) mass is 265 g/mol. The number of benzene rings is 1. The maximum absolute atomic E-state index is 13.1.